The maximum Gasteiger partial charge on any atom is 0.308 e. The molecule has 1 heterocycles. The summed E-state index contributed by atoms with van der Waals surface area (Å²) in [4.78, 5) is 25.7. The summed E-state index contributed by atoms with van der Waals surface area (Å²) in [7, 11) is 0. The van der Waals surface area contributed by atoms with Crippen LogP contribution < -0.4 is 4.74 Å². The van der Waals surface area contributed by atoms with E-state index in [1.54, 1.807) is 18.2 Å². The molecule has 0 bridgehead atoms. The van der Waals surface area contributed by atoms with E-state index in [2.05, 4.69) is 4.98 Å². The molecule has 1 aromatic heterocycles. The number of pyridine rings is 1. The molecular formula is C13H11NO3. The Balaban J connectivity index is 2.54. The molecule has 4 nitrogen and oxygen atoms in total. The number of carbonyl (C=O) groups excluding carboxylic acids is 2. The molecule has 2 rings (SSSR count). The number of hydrogen-bond acceptors (Lipinski definition) is 4. The summed E-state index contributed by atoms with van der Waals surface area (Å²) in [6.07, 6.45) is 1.05. The van der Waals surface area contributed by atoms with Gasteiger partial charge in [0.15, 0.2) is 5.75 Å². The molecule has 0 aliphatic carbocycles. The summed E-state index contributed by atoms with van der Waals surface area (Å²) >= 11 is 0. The van der Waals surface area contributed by atoms with Crippen LogP contribution in [0.5, 0.6) is 5.75 Å². The van der Waals surface area contributed by atoms with Crippen molar-refractivity contribution >= 4 is 23.2 Å². The SMILES string of the molecule is CC(=O)Oc1cccc2ccc(CC=O)nc12. The monoisotopic (exact) mass is 229 g/mol. The second kappa shape index (κ2) is 4.74. The summed E-state index contributed by atoms with van der Waals surface area (Å²) < 4.78 is 5.07. The zero-order valence-corrected chi connectivity index (χ0v) is 9.34. The molecule has 0 fully saturated rings. The van der Waals surface area contributed by atoms with Gasteiger partial charge >= 0.3 is 5.97 Å². The smallest absolute Gasteiger partial charge is 0.308 e. The highest BCUT2D eigenvalue weighted by Crippen LogP contribution is 2.24. The van der Waals surface area contributed by atoms with Crippen molar-refractivity contribution in [3.8, 4) is 5.75 Å². The van der Waals surface area contributed by atoms with Gasteiger partial charge in [0.2, 0.25) is 0 Å². The molecule has 0 unspecified atom stereocenters. The van der Waals surface area contributed by atoms with Gasteiger partial charge in [-0.2, -0.15) is 0 Å². The standard InChI is InChI=1S/C13H11NO3/c1-9(16)17-12-4-2-3-10-5-6-11(7-8-15)14-13(10)12/h2-6,8H,7H2,1H3. The molecule has 0 aliphatic rings. The molecule has 1 aromatic carbocycles. The Labute approximate surface area is 98.2 Å². The number of fused-ring (bicyclic) bond motifs is 1. The Morgan fingerprint density at radius 1 is 1.35 bits per heavy atom. The van der Waals surface area contributed by atoms with Gasteiger partial charge in [0.1, 0.15) is 11.8 Å². The molecule has 0 saturated heterocycles. The van der Waals surface area contributed by atoms with Gasteiger partial charge in [-0.05, 0) is 12.1 Å². The van der Waals surface area contributed by atoms with E-state index in [-0.39, 0.29) is 12.4 Å². The first-order valence-electron chi connectivity index (χ1n) is 5.21. The van der Waals surface area contributed by atoms with Gasteiger partial charge in [-0.1, -0.05) is 18.2 Å². The van der Waals surface area contributed by atoms with Gasteiger partial charge < -0.3 is 9.53 Å². The molecule has 4 heteroatoms. The molecule has 0 amide bonds. The van der Waals surface area contributed by atoms with E-state index in [1.165, 1.54) is 6.92 Å². The number of aromatic nitrogens is 1. The number of carbonyl (C=O) groups is 2. The van der Waals surface area contributed by atoms with Crippen LogP contribution in [-0.2, 0) is 16.0 Å². The van der Waals surface area contributed by atoms with Crippen LogP contribution in [0.25, 0.3) is 10.9 Å². The van der Waals surface area contributed by atoms with E-state index in [1.807, 2.05) is 12.1 Å². The van der Waals surface area contributed by atoms with Crippen molar-refractivity contribution in [1.82, 2.24) is 4.98 Å². The lowest BCUT2D eigenvalue weighted by Crippen LogP contribution is -2.03. The van der Waals surface area contributed by atoms with E-state index >= 15 is 0 Å². The summed E-state index contributed by atoms with van der Waals surface area (Å²) in [6, 6.07) is 8.99. The maximum atomic E-state index is 11.0. The molecule has 0 aliphatic heterocycles. The first-order chi connectivity index (χ1) is 8.20. The summed E-state index contributed by atoms with van der Waals surface area (Å²) in [5.74, 6) is 0.0304. The van der Waals surface area contributed by atoms with Crippen LogP contribution in [0.4, 0.5) is 0 Å². The Morgan fingerprint density at radius 2 is 2.18 bits per heavy atom. The molecule has 17 heavy (non-hydrogen) atoms. The average Bonchev–Trinajstić information content (AvgIpc) is 2.29. The fourth-order valence-electron chi connectivity index (χ4n) is 1.60. The predicted molar refractivity (Wildman–Crippen MR) is 62.8 cm³/mol. The van der Waals surface area contributed by atoms with Gasteiger partial charge in [-0.25, -0.2) is 4.98 Å². The third kappa shape index (κ3) is 2.47. The van der Waals surface area contributed by atoms with Crippen molar-refractivity contribution in [1.29, 1.82) is 0 Å². The van der Waals surface area contributed by atoms with Crippen molar-refractivity contribution in [2.45, 2.75) is 13.3 Å². The summed E-state index contributed by atoms with van der Waals surface area (Å²) in [5, 5.41) is 0.874. The zero-order valence-electron chi connectivity index (χ0n) is 9.34. The van der Waals surface area contributed by atoms with E-state index in [0.717, 1.165) is 11.7 Å². The number of aldehydes is 1. The van der Waals surface area contributed by atoms with Crippen LogP contribution in [0.3, 0.4) is 0 Å². The van der Waals surface area contributed by atoms with E-state index in [0.29, 0.717) is 17.0 Å². The number of benzene rings is 1. The minimum atomic E-state index is -0.389. The number of ether oxygens (including phenoxy) is 1. The van der Waals surface area contributed by atoms with Crippen LogP contribution in [0.2, 0.25) is 0 Å². The average molecular weight is 229 g/mol. The Kier molecular flexibility index (Phi) is 3.14. The number of hydrogen-bond donors (Lipinski definition) is 0. The van der Waals surface area contributed by atoms with Crippen LogP contribution >= 0.6 is 0 Å². The Morgan fingerprint density at radius 3 is 2.88 bits per heavy atom. The lowest BCUT2D eigenvalue weighted by Gasteiger charge is -2.06. The fraction of sp³-hybridized carbons (Fsp3) is 0.154. The Bertz CT molecular complexity index is 578. The molecule has 2 aromatic rings. The largest absolute Gasteiger partial charge is 0.424 e. The number of rotatable bonds is 3. The quantitative estimate of drug-likeness (QED) is 0.458. The van der Waals surface area contributed by atoms with Crippen LogP contribution in [0, 0.1) is 0 Å². The highest BCUT2D eigenvalue weighted by Gasteiger charge is 2.06. The molecule has 0 N–H and O–H groups in total. The Hall–Kier alpha value is -2.23. The van der Waals surface area contributed by atoms with Crippen LogP contribution in [-0.4, -0.2) is 17.2 Å². The second-order valence-electron chi connectivity index (χ2n) is 3.59. The highest BCUT2D eigenvalue weighted by atomic mass is 16.5. The fourth-order valence-corrected chi connectivity index (χ4v) is 1.60. The van der Waals surface area contributed by atoms with Crippen LogP contribution in [0.1, 0.15) is 12.6 Å². The first-order valence-corrected chi connectivity index (χ1v) is 5.21. The molecule has 0 spiro atoms. The molecule has 0 atom stereocenters. The van der Waals surface area contributed by atoms with E-state index in [9.17, 15) is 9.59 Å². The molecule has 86 valence electrons. The van der Waals surface area contributed by atoms with Crippen molar-refractivity contribution in [3.05, 3.63) is 36.0 Å². The minimum Gasteiger partial charge on any atom is -0.424 e. The number of para-hydroxylation sites is 1. The van der Waals surface area contributed by atoms with Gasteiger partial charge in [0, 0.05) is 24.4 Å². The van der Waals surface area contributed by atoms with Gasteiger partial charge in [0.25, 0.3) is 0 Å². The van der Waals surface area contributed by atoms with Crippen LogP contribution in [0.15, 0.2) is 30.3 Å². The lowest BCUT2D eigenvalue weighted by atomic mass is 10.1. The highest BCUT2D eigenvalue weighted by molar-refractivity contribution is 5.87. The topological polar surface area (TPSA) is 56.3 Å². The first kappa shape index (κ1) is 11.3. The predicted octanol–water partition coefficient (Wildman–Crippen LogP) is 1.90. The minimum absolute atomic E-state index is 0.254. The second-order valence-corrected chi connectivity index (χ2v) is 3.59. The van der Waals surface area contributed by atoms with Crippen molar-refractivity contribution < 1.29 is 14.3 Å². The van der Waals surface area contributed by atoms with Crippen molar-refractivity contribution in [3.63, 3.8) is 0 Å². The third-order valence-electron chi connectivity index (χ3n) is 2.29. The molecular weight excluding hydrogens is 218 g/mol. The van der Waals surface area contributed by atoms with Crippen molar-refractivity contribution in [2.24, 2.45) is 0 Å². The van der Waals surface area contributed by atoms with E-state index < -0.39 is 0 Å². The zero-order chi connectivity index (χ0) is 12.3. The summed E-state index contributed by atoms with van der Waals surface area (Å²) in [5.41, 5.74) is 1.26. The lowest BCUT2D eigenvalue weighted by molar-refractivity contribution is -0.131. The normalized spacial score (nSPS) is 10.2. The van der Waals surface area contributed by atoms with E-state index in [4.69, 9.17) is 4.74 Å². The van der Waals surface area contributed by atoms with Crippen molar-refractivity contribution in [2.75, 3.05) is 0 Å². The van der Waals surface area contributed by atoms with Gasteiger partial charge in [-0.3, -0.25) is 4.79 Å². The third-order valence-corrected chi connectivity index (χ3v) is 2.29. The number of esters is 1. The van der Waals surface area contributed by atoms with Gasteiger partial charge in [0.05, 0.1) is 0 Å². The molecule has 0 saturated carbocycles. The molecule has 0 radical (unpaired) electrons. The number of nitrogens with zero attached hydrogens (tertiary/aromatic N) is 1. The summed E-state index contributed by atoms with van der Waals surface area (Å²) in [6.45, 7) is 1.34. The van der Waals surface area contributed by atoms with Gasteiger partial charge in [-0.15, -0.1) is 0 Å². The maximum absolute atomic E-state index is 11.0.